The van der Waals surface area contributed by atoms with Crippen LogP contribution in [-0.4, -0.2) is 27.4 Å². The molecule has 0 atom stereocenters. The zero-order valence-electron chi connectivity index (χ0n) is 19.3. The lowest BCUT2D eigenvalue weighted by Crippen LogP contribution is -2.25. The number of rotatable bonds is 5. The summed E-state index contributed by atoms with van der Waals surface area (Å²) >= 11 is 0. The number of fused-ring (bicyclic) bond motifs is 1. The first-order valence-corrected chi connectivity index (χ1v) is 10.9. The number of anilines is 1. The number of aromatic nitrogens is 2. The molecule has 1 amide bonds. The summed E-state index contributed by atoms with van der Waals surface area (Å²) in [5, 5.41) is 2.86. The third kappa shape index (κ3) is 5.72. The van der Waals surface area contributed by atoms with E-state index in [2.05, 4.69) is 15.3 Å². The van der Waals surface area contributed by atoms with Gasteiger partial charge in [0, 0.05) is 18.0 Å². The molecule has 4 rings (SSSR count). The largest absolute Gasteiger partial charge is 0.456 e. The third-order valence-corrected chi connectivity index (χ3v) is 4.91. The average Bonchev–Trinajstić information content (AvgIpc) is 2.82. The minimum atomic E-state index is -0.657. The number of benzene rings is 3. The monoisotopic (exact) mass is 451 g/mol. The van der Waals surface area contributed by atoms with E-state index in [4.69, 9.17) is 4.74 Å². The summed E-state index contributed by atoms with van der Waals surface area (Å²) in [4.78, 5) is 34.2. The molecule has 0 saturated heterocycles. The van der Waals surface area contributed by atoms with Gasteiger partial charge in [0.2, 0.25) is 0 Å². The maximum absolute atomic E-state index is 12.8. The second-order valence-electron chi connectivity index (χ2n) is 8.76. The first-order valence-electron chi connectivity index (χ1n) is 10.9. The van der Waals surface area contributed by atoms with Crippen LogP contribution in [0.5, 0.6) is 0 Å². The molecule has 3 aromatic carbocycles. The van der Waals surface area contributed by atoms with Crippen LogP contribution in [0.15, 0.2) is 79.1 Å². The van der Waals surface area contributed by atoms with Crippen molar-refractivity contribution in [1.82, 2.24) is 9.97 Å². The van der Waals surface area contributed by atoms with Gasteiger partial charge in [-0.1, -0.05) is 42.5 Å². The highest BCUT2D eigenvalue weighted by Gasteiger charge is 2.21. The molecule has 0 aliphatic carbocycles. The Morgan fingerprint density at radius 1 is 0.824 bits per heavy atom. The van der Waals surface area contributed by atoms with Crippen molar-refractivity contribution in [2.45, 2.75) is 26.4 Å². The molecule has 4 aromatic rings. The topological polar surface area (TPSA) is 81.2 Å². The van der Waals surface area contributed by atoms with Crippen molar-refractivity contribution in [3.8, 4) is 0 Å². The predicted molar refractivity (Wildman–Crippen MR) is 134 cm³/mol. The predicted octanol–water partition coefficient (Wildman–Crippen LogP) is 6.01. The number of hydrogen-bond acceptors (Lipinski definition) is 5. The molecule has 1 heterocycles. The maximum atomic E-state index is 12.8. The van der Waals surface area contributed by atoms with Crippen LogP contribution in [0.25, 0.3) is 23.2 Å². The lowest BCUT2D eigenvalue weighted by atomic mass is 10.1. The van der Waals surface area contributed by atoms with Crippen LogP contribution in [-0.2, 0) is 4.74 Å². The van der Waals surface area contributed by atoms with Crippen LogP contribution in [0.4, 0.5) is 5.69 Å². The number of carbonyl (C=O) groups is 2. The van der Waals surface area contributed by atoms with Gasteiger partial charge >= 0.3 is 5.97 Å². The highest BCUT2D eigenvalue weighted by atomic mass is 16.6. The van der Waals surface area contributed by atoms with Crippen molar-refractivity contribution in [3.63, 3.8) is 0 Å². The molecule has 34 heavy (non-hydrogen) atoms. The Hall–Kier alpha value is -4.32. The SMILES string of the molecule is CC(C)(C)OC(=O)c1ccc(/C=C/c2ccc3nccnc3c2)cc1NC(=O)c1ccccc1. The van der Waals surface area contributed by atoms with Crippen LogP contribution >= 0.6 is 0 Å². The number of amides is 1. The summed E-state index contributed by atoms with van der Waals surface area (Å²) in [5.41, 5.74) is 3.92. The summed E-state index contributed by atoms with van der Waals surface area (Å²) in [6, 6.07) is 19.9. The molecule has 0 spiro atoms. The Kier molecular flexibility index (Phi) is 6.50. The number of esters is 1. The zero-order valence-corrected chi connectivity index (χ0v) is 19.3. The van der Waals surface area contributed by atoms with Crippen LogP contribution in [0.1, 0.15) is 52.6 Å². The second kappa shape index (κ2) is 9.67. The van der Waals surface area contributed by atoms with Crippen molar-refractivity contribution < 1.29 is 14.3 Å². The molecule has 1 aromatic heterocycles. The number of nitrogens with one attached hydrogen (secondary N) is 1. The standard InChI is InChI=1S/C28H25N3O3/c1-28(2,3)34-27(33)22-13-11-19(17-24(22)31-26(32)21-7-5-4-6-8-21)9-10-20-12-14-23-25(18-20)30-16-15-29-23/h4-18H,1-3H3,(H,31,32)/b10-9+. The van der Waals surface area contributed by atoms with Crippen molar-refractivity contribution in [3.05, 3.63) is 101 Å². The highest BCUT2D eigenvalue weighted by molar-refractivity contribution is 6.08. The van der Waals surface area contributed by atoms with Gasteiger partial charge in [-0.15, -0.1) is 0 Å². The fraction of sp³-hybridized carbons (Fsp3) is 0.143. The smallest absolute Gasteiger partial charge is 0.340 e. The molecule has 6 heteroatoms. The van der Waals surface area contributed by atoms with Gasteiger partial charge in [0.05, 0.1) is 22.3 Å². The lowest BCUT2D eigenvalue weighted by Gasteiger charge is -2.21. The Morgan fingerprint density at radius 2 is 1.47 bits per heavy atom. The average molecular weight is 452 g/mol. The lowest BCUT2D eigenvalue weighted by molar-refractivity contribution is 0.00708. The summed E-state index contributed by atoms with van der Waals surface area (Å²) in [6.45, 7) is 5.41. The second-order valence-corrected chi connectivity index (χ2v) is 8.76. The summed E-state index contributed by atoms with van der Waals surface area (Å²) in [5.74, 6) is -0.806. The van der Waals surface area contributed by atoms with Crippen molar-refractivity contribution in [1.29, 1.82) is 0 Å². The van der Waals surface area contributed by atoms with Gasteiger partial charge < -0.3 is 10.1 Å². The molecule has 0 saturated carbocycles. The maximum Gasteiger partial charge on any atom is 0.340 e. The van der Waals surface area contributed by atoms with Crippen LogP contribution in [0.3, 0.4) is 0 Å². The van der Waals surface area contributed by atoms with E-state index in [1.165, 1.54) is 0 Å². The number of ether oxygens (including phenoxy) is 1. The van der Waals surface area contributed by atoms with Gasteiger partial charge in [-0.05, 0) is 68.3 Å². The zero-order chi connectivity index (χ0) is 24.1. The fourth-order valence-corrected chi connectivity index (χ4v) is 3.34. The molecule has 0 radical (unpaired) electrons. The summed E-state index contributed by atoms with van der Waals surface area (Å²) in [7, 11) is 0. The molecule has 170 valence electrons. The fourth-order valence-electron chi connectivity index (χ4n) is 3.34. The Bertz CT molecular complexity index is 1370. The normalized spacial score (nSPS) is 11.5. The first kappa shape index (κ1) is 22.9. The van der Waals surface area contributed by atoms with E-state index < -0.39 is 11.6 Å². The molecule has 0 unspecified atom stereocenters. The van der Waals surface area contributed by atoms with E-state index in [-0.39, 0.29) is 11.5 Å². The van der Waals surface area contributed by atoms with E-state index in [0.29, 0.717) is 11.3 Å². The van der Waals surface area contributed by atoms with Gasteiger partial charge in [0.1, 0.15) is 5.60 Å². The molecular weight excluding hydrogens is 426 g/mol. The minimum Gasteiger partial charge on any atom is -0.456 e. The van der Waals surface area contributed by atoms with Crippen molar-refractivity contribution in [2.75, 3.05) is 5.32 Å². The van der Waals surface area contributed by atoms with Gasteiger partial charge in [0.25, 0.3) is 5.91 Å². The van der Waals surface area contributed by atoms with Crippen LogP contribution in [0.2, 0.25) is 0 Å². The first-order chi connectivity index (χ1) is 16.3. The molecule has 0 fully saturated rings. The number of hydrogen-bond donors (Lipinski definition) is 1. The number of carbonyl (C=O) groups excluding carboxylic acids is 2. The Labute approximate surface area is 198 Å². The minimum absolute atomic E-state index is 0.289. The quantitative estimate of drug-likeness (QED) is 0.297. The van der Waals surface area contributed by atoms with Gasteiger partial charge in [-0.25, -0.2) is 4.79 Å². The van der Waals surface area contributed by atoms with Gasteiger partial charge in [0.15, 0.2) is 0 Å². The van der Waals surface area contributed by atoms with Crippen molar-refractivity contribution >= 4 is 40.7 Å². The summed E-state index contributed by atoms with van der Waals surface area (Å²) in [6.07, 6.45) is 7.18. The molecule has 0 aliphatic heterocycles. The molecular formula is C28H25N3O3. The van der Waals surface area contributed by atoms with E-state index >= 15 is 0 Å². The van der Waals surface area contributed by atoms with Gasteiger partial charge in [-0.3, -0.25) is 14.8 Å². The third-order valence-electron chi connectivity index (χ3n) is 4.91. The molecule has 1 N–H and O–H groups in total. The van der Waals surface area contributed by atoms with E-state index in [1.54, 1.807) is 69.6 Å². The summed E-state index contributed by atoms with van der Waals surface area (Å²) < 4.78 is 5.54. The Morgan fingerprint density at radius 3 is 2.18 bits per heavy atom. The highest BCUT2D eigenvalue weighted by Crippen LogP contribution is 2.24. The van der Waals surface area contributed by atoms with Crippen LogP contribution < -0.4 is 5.32 Å². The molecule has 0 bridgehead atoms. The van der Waals surface area contributed by atoms with Gasteiger partial charge in [-0.2, -0.15) is 0 Å². The van der Waals surface area contributed by atoms with Crippen molar-refractivity contribution in [2.24, 2.45) is 0 Å². The van der Waals surface area contributed by atoms with E-state index in [9.17, 15) is 9.59 Å². The molecule has 6 nitrogen and oxygen atoms in total. The molecule has 0 aliphatic rings. The van der Waals surface area contributed by atoms with E-state index in [0.717, 1.165) is 22.2 Å². The van der Waals surface area contributed by atoms with E-state index in [1.807, 2.05) is 42.5 Å². The number of nitrogens with zero attached hydrogens (tertiary/aromatic N) is 2. The Balaban J connectivity index is 1.65. The van der Waals surface area contributed by atoms with Crippen LogP contribution in [0, 0.1) is 0 Å².